The molecule has 0 aliphatic carbocycles. The lowest BCUT2D eigenvalue weighted by Crippen LogP contribution is -1.83. The van der Waals surface area contributed by atoms with Gasteiger partial charge in [-0.3, -0.25) is 0 Å². The molecule has 2 rings (SSSR count). The number of anilines is 2. The minimum Gasteiger partial charge on any atom is -0.399 e. The molecule has 0 bridgehead atoms. The van der Waals surface area contributed by atoms with Gasteiger partial charge >= 0.3 is 0 Å². The van der Waals surface area contributed by atoms with Crippen LogP contribution in [0.1, 0.15) is 0 Å². The Labute approximate surface area is 93.3 Å². The molecule has 4 N–H and O–H groups in total. The van der Waals surface area contributed by atoms with Crippen LogP contribution in [0.15, 0.2) is 46.2 Å². The van der Waals surface area contributed by atoms with Gasteiger partial charge in [-0.25, -0.2) is 0 Å². The smallest absolute Gasteiger partial charge is 0.0831 e. The van der Waals surface area contributed by atoms with Crippen molar-refractivity contribution in [1.82, 2.24) is 0 Å². The number of nitrogen functional groups attached to an aromatic ring is 2. The summed E-state index contributed by atoms with van der Waals surface area (Å²) in [6.07, 6.45) is 0. The maximum atomic E-state index is 5.60. The molecule has 0 atom stereocenters. The van der Waals surface area contributed by atoms with Crippen molar-refractivity contribution < 1.29 is 0 Å². The number of hydrogen-bond donors (Lipinski definition) is 2. The Hall–Kier alpha value is -1.79. The standard InChI is InChI=1S/C12H10N2S/c13-9-1-5-11(6-2-9)15-12-7-3-10(14)4-8-12/h1-3,5-7H,13-14H2. The maximum absolute atomic E-state index is 5.60. The zero-order chi connectivity index (χ0) is 10.7. The molecule has 0 aromatic heterocycles. The van der Waals surface area contributed by atoms with Gasteiger partial charge in [-0.1, -0.05) is 17.8 Å². The van der Waals surface area contributed by atoms with Crippen LogP contribution in [0.2, 0.25) is 0 Å². The monoisotopic (exact) mass is 214 g/mol. The van der Waals surface area contributed by atoms with Gasteiger partial charge in [-0.05, 0) is 42.5 Å². The van der Waals surface area contributed by atoms with Crippen LogP contribution >= 0.6 is 11.8 Å². The number of hydrogen-bond acceptors (Lipinski definition) is 3. The summed E-state index contributed by atoms with van der Waals surface area (Å²) in [6, 6.07) is 17.3. The van der Waals surface area contributed by atoms with Gasteiger partial charge in [0.15, 0.2) is 0 Å². The van der Waals surface area contributed by atoms with Crippen molar-refractivity contribution in [2.75, 3.05) is 11.5 Å². The average Bonchev–Trinajstić information content (AvgIpc) is 2.25. The quantitative estimate of drug-likeness (QED) is 0.755. The fourth-order valence-corrected chi connectivity index (χ4v) is 1.87. The minimum atomic E-state index is 0.608. The Morgan fingerprint density at radius 1 is 0.867 bits per heavy atom. The van der Waals surface area contributed by atoms with E-state index in [9.17, 15) is 0 Å². The van der Waals surface area contributed by atoms with E-state index in [4.69, 9.17) is 11.5 Å². The minimum absolute atomic E-state index is 0.608. The Morgan fingerprint density at radius 3 is 2.20 bits per heavy atom. The third-order valence-corrected chi connectivity index (χ3v) is 2.82. The summed E-state index contributed by atoms with van der Waals surface area (Å²) in [5, 5.41) is 0. The SMILES string of the molecule is Nc1c#cc(Sc2ccc(N)cc2)cc1. The zero-order valence-corrected chi connectivity index (χ0v) is 8.84. The topological polar surface area (TPSA) is 52.0 Å². The van der Waals surface area contributed by atoms with Gasteiger partial charge in [-0.2, -0.15) is 0 Å². The van der Waals surface area contributed by atoms with Crippen molar-refractivity contribution in [2.24, 2.45) is 0 Å². The van der Waals surface area contributed by atoms with E-state index in [-0.39, 0.29) is 0 Å². The zero-order valence-electron chi connectivity index (χ0n) is 8.03. The van der Waals surface area contributed by atoms with Crippen LogP contribution in [-0.4, -0.2) is 0 Å². The largest absolute Gasteiger partial charge is 0.399 e. The van der Waals surface area contributed by atoms with E-state index in [1.54, 1.807) is 11.8 Å². The van der Waals surface area contributed by atoms with E-state index in [1.807, 2.05) is 36.4 Å². The van der Waals surface area contributed by atoms with Crippen LogP contribution in [0.5, 0.6) is 0 Å². The molecule has 2 aromatic carbocycles. The summed E-state index contributed by atoms with van der Waals surface area (Å²) in [4.78, 5) is 2.12. The molecule has 15 heavy (non-hydrogen) atoms. The molecule has 0 amide bonds. The van der Waals surface area contributed by atoms with E-state index < -0.39 is 0 Å². The molecule has 0 aliphatic rings. The lowest BCUT2D eigenvalue weighted by atomic mass is 10.3. The summed E-state index contributed by atoms with van der Waals surface area (Å²) in [5.41, 5.74) is 12.5. The molecule has 0 saturated carbocycles. The van der Waals surface area contributed by atoms with E-state index in [2.05, 4.69) is 12.1 Å². The predicted molar refractivity (Wildman–Crippen MR) is 63.5 cm³/mol. The van der Waals surface area contributed by atoms with Crippen molar-refractivity contribution in [3.63, 3.8) is 0 Å². The van der Waals surface area contributed by atoms with Crippen LogP contribution < -0.4 is 11.5 Å². The highest BCUT2D eigenvalue weighted by Gasteiger charge is 1.96. The van der Waals surface area contributed by atoms with E-state index in [1.165, 1.54) is 0 Å². The van der Waals surface area contributed by atoms with Crippen molar-refractivity contribution in [2.45, 2.75) is 9.79 Å². The van der Waals surface area contributed by atoms with Crippen LogP contribution in [0, 0.1) is 12.1 Å². The van der Waals surface area contributed by atoms with Gasteiger partial charge in [0.05, 0.1) is 10.6 Å². The molecule has 0 saturated heterocycles. The molecule has 0 spiro atoms. The van der Waals surface area contributed by atoms with Crippen molar-refractivity contribution >= 4 is 23.1 Å². The number of benzene rings is 1. The number of rotatable bonds is 2. The molecule has 2 nitrogen and oxygen atoms in total. The first-order valence-corrected chi connectivity index (χ1v) is 5.28. The van der Waals surface area contributed by atoms with Gasteiger partial charge in [0.1, 0.15) is 0 Å². The molecule has 0 aliphatic heterocycles. The van der Waals surface area contributed by atoms with E-state index >= 15 is 0 Å². The highest BCUT2D eigenvalue weighted by Crippen LogP contribution is 2.26. The second-order valence-electron chi connectivity index (χ2n) is 3.07. The summed E-state index contributed by atoms with van der Waals surface area (Å²) in [7, 11) is 0. The second kappa shape index (κ2) is 4.16. The van der Waals surface area contributed by atoms with Gasteiger partial charge in [-0.15, -0.1) is 0 Å². The normalized spacial score (nSPS) is 9.60. The summed E-state index contributed by atoms with van der Waals surface area (Å²) < 4.78 is 0. The number of nitrogens with two attached hydrogens (primary N) is 2. The first kappa shape index (κ1) is 9.75. The summed E-state index contributed by atoms with van der Waals surface area (Å²) >= 11 is 1.61. The van der Waals surface area contributed by atoms with Gasteiger partial charge in [0.25, 0.3) is 0 Å². The fourth-order valence-electron chi connectivity index (χ4n) is 1.10. The van der Waals surface area contributed by atoms with Crippen LogP contribution in [-0.2, 0) is 0 Å². The van der Waals surface area contributed by atoms with Crippen molar-refractivity contribution in [3.05, 3.63) is 48.5 Å². The van der Waals surface area contributed by atoms with Crippen molar-refractivity contribution in [3.8, 4) is 0 Å². The van der Waals surface area contributed by atoms with Crippen LogP contribution in [0.4, 0.5) is 11.4 Å². The Kier molecular flexibility index (Phi) is 2.70. The first-order valence-electron chi connectivity index (χ1n) is 4.47. The van der Waals surface area contributed by atoms with Gasteiger partial charge in [0, 0.05) is 10.6 Å². The molecule has 2 aromatic rings. The van der Waals surface area contributed by atoms with Gasteiger partial charge in [0.2, 0.25) is 0 Å². The Morgan fingerprint density at radius 2 is 1.60 bits per heavy atom. The van der Waals surface area contributed by atoms with Crippen molar-refractivity contribution in [1.29, 1.82) is 0 Å². The second-order valence-corrected chi connectivity index (χ2v) is 4.19. The molecule has 3 heteroatoms. The third-order valence-electron chi connectivity index (χ3n) is 1.85. The molecular weight excluding hydrogens is 204 g/mol. The third kappa shape index (κ3) is 2.58. The van der Waals surface area contributed by atoms with E-state index in [0.29, 0.717) is 5.69 Å². The summed E-state index contributed by atoms with van der Waals surface area (Å²) in [6.45, 7) is 0. The average molecular weight is 214 g/mol. The van der Waals surface area contributed by atoms with E-state index in [0.717, 1.165) is 15.5 Å². The molecule has 0 fully saturated rings. The molecule has 74 valence electrons. The Bertz CT molecular complexity index is 391. The molecular formula is C12H10N2S. The Balaban J connectivity index is 2.15. The predicted octanol–water partition coefficient (Wildman–Crippen LogP) is 2.60. The lowest BCUT2D eigenvalue weighted by molar-refractivity contribution is 1.42. The first-order chi connectivity index (χ1) is 7.24. The molecule has 0 heterocycles. The lowest BCUT2D eigenvalue weighted by Gasteiger charge is -1.99. The molecule has 0 unspecified atom stereocenters. The highest BCUT2D eigenvalue weighted by atomic mass is 32.2. The highest BCUT2D eigenvalue weighted by molar-refractivity contribution is 7.99. The van der Waals surface area contributed by atoms with Crippen LogP contribution in [0.3, 0.4) is 0 Å². The van der Waals surface area contributed by atoms with Gasteiger partial charge < -0.3 is 11.5 Å². The summed E-state index contributed by atoms with van der Waals surface area (Å²) in [5.74, 6) is 0. The van der Waals surface area contributed by atoms with Crippen LogP contribution in [0.25, 0.3) is 0 Å². The maximum Gasteiger partial charge on any atom is 0.0831 e. The fraction of sp³-hybridized carbons (Fsp3) is 0. The molecule has 0 radical (unpaired) electrons.